The Balaban J connectivity index is 1.50. The van der Waals surface area contributed by atoms with E-state index in [1.807, 2.05) is 48.5 Å². The van der Waals surface area contributed by atoms with Gasteiger partial charge in [-0.05, 0) is 42.3 Å². The fraction of sp³-hybridized carbons (Fsp3) is 0.238. The van der Waals surface area contributed by atoms with Gasteiger partial charge in [-0.25, -0.2) is 4.39 Å². The number of quaternary nitrogens is 1. The first kappa shape index (κ1) is 17.4. The van der Waals surface area contributed by atoms with Crippen molar-refractivity contribution in [3.05, 3.63) is 83.4 Å². The van der Waals surface area contributed by atoms with Crippen molar-refractivity contribution >= 4 is 0 Å². The van der Waals surface area contributed by atoms with Gasteiger partial charge in [0.25, 0.3) is 0 Å². The van der Waals surface area contributed by atoms with Crippen LogP contribution in [0.2, 0.25) is 0 Å². The zero-order valence-corrected chi connectivity index (χ0v) is 14.3. The zero-order valence-electron chi connectivity index (χ0n) is 14.3. The molecule has 0 saturated carbocycles. The molecular formula is C21H23FNO2+. The first-order chi connectivity index (χ1) is 12.1. The minimum Gasteiger partial charge on any atom is -0.455 e. The summed E-state index contributed by atoms with van der Waals surface area (Å²) in [6.07, 6.45) is 0.436. The highest BCUT2D eigenvalue weighted by molar-refractivity contribution is 5.58. The van der Waals surface area contributed by atoms with Crippen molar-refractivity contribution < 1.29 is 19.2 Å². The van der Waals surface area contributed by atoms with Crippen molar-refractivity contribution in [3.63, 3.8) is 0 Å². The molecule has 0 radical (unpaired) electrons. The molecule has 25 heavy (non-hydrogen) atoms. The van der Waals surface area contributed by atoms with Crippen LogP contribution in [0.25, 0.3) is 11.3 Å². The number of furan rings is 1. The first-order valence-corrected chi connectivity index (χ1v) is 8.55. The third-order valence-corrected chi connectivity index (χ3v) is 4.24. The molecule has 1 aromatic heterocycles. The maximum absolute atomic E-state index is 12.9. The molecule has 1 atom stereocenters. The number of aliphatic hydroxyl groups excluding tert-OH is 1. The van der Waals surface area contributed by atoms with E-state index in [4.69, 9.17) is 4.42 Å². The third-order valence-electron chi connectivity index (χ3n) is 4.24. The minimum atomic E-state index is -0.461. The Hall–Kier alpha value is -2.43. The average Bonchev–Trinajstić information content (AvgIpc) is 3.09. The molecule has 0 aliphatic heterocycles. The molecule has 0 aliphatic carbocycles. The Morgan fingerprint density at radius 1 is 1.00 bits per heavy atom. The van der Waals surface area contributed by atoms with Gasteiger partial charge >= 0.3 is 0 Å². The van der Waals surface area contributed by atoms with Crippen LogP contribution in [0.4, 0.5) is 4.39 Å². The van der Waals surface area contributed by atoms with Gasteiger partial charge in [0.15, 0.2) is 5.76 Å². The van der Waals surface area contributed by atoms with Crippen molar-refractivity contribution in [1.29, 1.82) is 0 Å². The van der Waals surface area contributed by atoms with Crippen molar-refractivity contribution in [3.8, 4) is 11.3 Å². The Labute approximate surface area is 147 Å². The molecule has 0 bridgehead atoms. The number of benzene rings is 2. The maximum atomic E-state index is 12.9. The molecular weight excluding hydrogens is 317 g/mol. The molecule has 1 heterocycles. The number of nitrogens with two attached hydrogens (primary N) is 1. The van der Waals surface area contributed by atoms with Crippen molar-refractivity contribution in [2.75, 3.05) is 6.54 Å². The van der Waals surface area contributed by atoms with Gasteiger partial charge in [0.2, 0.25) is 0 Å². The van der Waals surface area contributed by atoms with Gasteiger partial charge in [-0.3, -0.25) is 0 Å². The van der Waals surface area contributed by atoms with Crippen LogP contribution >= 0.6 is 0 Å². The van der Waals surface area contributed by atoms with Crippen LogP contribution in [-0.4, -0.2) is 11.7 Å². The van der Waals surface area contributed by atoms with Gasteiger partial charge in [-0.1, -0.05) is 36.4 Å². The highest BCUT2D eigenvalue weighted by Gasteiger charge is 2.07. The summed E-state index contributed by atoms with van der Waals surface area (Å²) in [4.78, 5) is 0. The second kappa shape index (κ2) is 8.10. The molecule has 3 N–H and O–H groups in total. The monoisotopic (exact) mass is 340 g/mol. The minimum absolute atomic E-state index is 0.197. The SMILES string of the molecule is C[C@@H](O)c1ccc(-c2ccc(C[NH2+]CCc3ccc(F)cc3)o2)cc1. The Kier molecular flexibility index (Phi) is 5.64. The topological polar surface area (TPSA) is 50.0 Å². The predicted molar refractivity (Wildman–Crippen MR) is 95.4 cm³/mol. The number of hydrogen-bond acceptors (Lipinski definition) is 2. The van der Waals surface area contributed by atoms with Crippen LogP contribution in [0.15, 0.2) is 65.1 Å². The molecule has 2 aromatic carbocycles. The molecule has 4 heteroatoms. The molecule has 130 valence electrons. The smallest absolute Gasteiger partial charge is 0.158 e. The summed E-state index contributed by atoms with van der Waals surface area (Å²) in [7, 11) is 0. The molecule has 0 unspecified atom stereocenters. The van der Waals surface area contributed by atoms with Crippen LogP contribution in [0.3, 0.4) is 0 Å². The molecule has 3 aromatic rings. The van der Waals surface area contributed by atoms with E-state index in [0.717, 1.165) is 47.7 Å². The van der Waals surface area contributed by atoms with Gasteiger partial charge in [-0.2, -0.15) is 0 Å². The molecule has 0 saturated heterocycles. The van der Waals surface area contributed by atoms with Gasteiger partial charge < -0.3 is 14.8 Å². The van der Waals surface area contributed by atoms with Crippen molar-refractivity contribution in [2.45, 2.75) is 26.0 Å². The van der Waals surface area contributed by atoms with E-state index in [1.54, 1.807) is 6.92 Å². The quantitative estimate of drug-likeness (QED) is 0.647. The van der Waals surface area contributed by atoms with E-state index in [0.29, 0.717) is 0 Å². The second-order valence-electron chi connectivity index (χ2n) is 6.22. The largest absolute Gasteiger partial charge is 0.455 e. The fourth-order valence-electron chi connectivity index (χ4n) is 2.73. The maximum Gasteiger partial charge on any atom is 0.158 e. The summed E-state index contributed by atoms with van der Waals surface area (Å²) in [5.41, 5.74) is 3.03. The Morgan fingerprint density at radius 2 is 1.72 bits per heavy atom. The fourth-order valence-corrected chi connectivity index (χ4v) is 2.73. The Bertz CT molecular complexity index is 792. The van der Waals surface area contributed by atoms with Crippen LogP contribution in [0.5, 0.6) is 0 Å². The second-order valence-corrected chi connectivity index (χ2v) is 6.22. The summed E-state index contributed by atoms with van der Waals surface area (Å²) in [5, 5.41) is 11.7. The Morgan fingerprint density at radius 3 is 2.40 bits per heavy atom. The number of hydrogen-bond donors (Lipinski definition) is 2. The zero-order chi connectivity index (χ0) is 17.6. The van der Waals surface area contributed by atoms with Gasteiger partial charge in [0.1, 0.15) is 18.1 Å². The van der Waals surface area contributed by atoms with E-state index >= 15 is 0 Å². The van der Waals surface area contributed by atoms with Crippen LogP contribution in [0.1, 0.15) is 29.9 Å². The standard InChI is InChI=1S/C21H22FNO2/c1-15(24)17-4-6-18(7-5-17)21-11-10-20(25-21)14-23-13-12-16-2-8-19(22)9-3-16/h2-11,15,23-24H,12-14H2,1H3/p+1/t15-/m1/s1. The summed E-state index contributed by atoms with van der Waals surface area (Å²) in [5.74, 6) is 1.56. The lowest BCUT2D eigenvalue weighted by Gasteiger charge is -2.05. The highest BCUT2D eigenvalue weighted by atomic mass is 19.1. The average molecular weight is 340 g/mol. The van der Waals surface area contributed by atoms with Crippen LogP contribution < -0.4 is 5.32 Å². The lowest BCUT2D eigenvalue weighted by atomic mass is 10.1. The van der Waals surface area contributed by atoms with Crippen molar-refractivity contribution in [1.82, 2.24) is 0 Å². The van der Waals surface area contributed by atoms with Crippen LogP contribution in [0, 0.1) is 5.82 Å². The van der Waals surface area contributed by atoms with E-state index in [9.17, 15) is 9.50 Å². The summed E-state index contributed by atoms with van der Waals surface area (Å²) in [6, 6.07) is 18.4. The predicted octanol–water partition coefficient (Wildman–Crippen LogP) is 3.45. The molecule has 3 rings (SSSR count). The lowest BCUT2D eigenvalue weighted by Crippen LogP contribution is -2.83. The van der Waals surface area contributed by atoms with E-state index in [1.165, 1.54) is 12.1 Å². The third kappa shape index (κ3) is 4.78. The first-order valence-electron chi connectivity index (χ1n) is 8.55. The van der Waals surface area contributed by atoms with E-state index in [2.05, 4.69) is 5.32 Å². The number of halogens is 1. The van der Waals surface area contributed by atoms with Crippen LogP contribution in [-0.2, 0) is 13.0 Å². The normalized spacial score (nSPS) is 12.3. The molecule has 0 amide bonds. The molecule has 0 fully saturated rings. The van der Waals surface area contributed by atoms with E-state index < -0.39 is 6.10 Å². The van der Waals surface area contributed by atoms with Gasteiger partial charge in [0, 0.05) is 12.0 Å². The molecule has 3 nitrogen and oxygen atoms in total. The summed E-state index contributed by atoms with van der Waals surface area (Å²) in [6.45, 7) is 3.44. The summed E-state index contributed by atoms with van der Waals surface area (Å²) < 4.78 is 18.8. The van der Waals surface area contributed by atoms with Gasteiger partial charge in [-0.15, -0.1) is 0 Å². The number of aliphatic hydroxyl groups is 1. The molecule has 0 spiro atoms. The summed E-state index contributed by atoms with van der Waals surface area (Å²) >= 11 is 0. The lowest BCUT2D eigenvalue weighted by molar-refractivity contribution is -0.671. The van der Waals surface area contributed by atoms with Crippen molar-refractivity contribution in [2.24, 2.45) is 0 Å². The number of rotatable bonds is 7. The highest BCUT2D eigenvalue weighted by Crippen LogP contribution is 2.23. The van der Waals surface area contributed by atoms with Gasteiger partial charge in [0.05, 0.1) is 12.6 Å². The van der Waals surface area contributed by atoms with E-state index in [-0.39, 0.29) is 5.82 Å². The molecule has 0 aliphatic rings.